The normalized spacial score (nSPS) is 13.4. The number of alkyl halides is 2. The Morgan fingerprint density at radius 1 is 0.529 bits per heavy atom. The van der Waals surface area contributed by atoms with E-state index < -0.39 is 0 Å². The van der Waals surface area contributed by atoms with Crippen LogP contribution >= 0.6 is 45.2 Å². The third kappa shape index (κ3) is 6.11. The van der Waals surface area contributed by atoms with E-state index in [9.17, 15) is 0 Å². The first-order valence-electron chi connectivity index (χ1n) is 12.2. The van der Waals surface area contributed by atoms with Crippen LogP contribution in [0.1, 0.15) is 59.5 Å². The fraction of sp³-hybridized carbons (Fsp3) is 0.357. The second kappa shape index (κ2) is 12.3. The molecular formula is C28H34I2N4+2. The second-order valence-corrected chi connectivity index (χ2v) is 11.8. The second-order valence-electron chi connectivity index (χ2n) is 8.94. The van der Waals surface area contributed by atoms with Crippen molar-refractivity contribution in [1.29, 1.82) is 0 Å². The predicted octanol–water partition coefficient (Wildman–Crippen LogP) is 7.42. The van der Waals surface area contributed by atoms with Crippen molar-refractivity contribution in [2.45, 2.75) is 59.5 Å². The number of hydrogen-bond donors (Lipinski definition) is 2. The summed E-state index contributed by atoms with van der Waals surface area (Å²) in [5.74, 6) is 1.69. The van der Waals surface area contributed by atoms with Gasteiger partial charge >= 0.3 is 0 Å². The number of rotatable bonds is 11. The van der Waals surface area contributed by atoms with E-state index in [1.165, 1.54) is 60.3 Å². The van der Waals surface area contributed by atoms with Crippen molar-refractivity contribution >= 4 is 78.6 Å². The molecule has 0 spiro atoms. The van der Waals surface area contributed by atoms with Gasteiger partial charge in [0, 0.05) is 22.9 Å². The highest BCUT2D eigenvalue weighted by Crippen LogP contribution is 2.25. The number of pyridine rings is 2. The molecule has 2 aromatic carbocycles. The maximum Gasteiger partial charge on any atom is 0.273 e. The molecule has 34 heavy (non-hydrogen) atoms. The largest absolute Gasteiger partial charge is 0.287 e. The Morgan fingerprint density at radius 3 is 1.35 bits per heavy atom. The Hall–Kier alpha value is -1.68. The summed E-state index contributed by atoms with van der Waals surface area (Å²) in [6.07, 6.45) is 9.93. The molecule has 0 bridgehead atoms. The molecule has 0 saturated carbocycles. The monoisotopic (exact) mass is 680 g/mol. The van der Waals surface area contributed by atoms with E-state index in [1.54, 1.807) is 0 Å². The molecule has 0 radical (unpaired) electrons. The molecule has 2 atom stereocenters. The van der Waals surface area contributed by atoms with Crippen LogP contribution in [0.15, 0.2) is 72.8 Å². The Kier molecular flexibility index (Phi) is 9.22. The van der Waals surface area contributed by atoms with Crippen LogP contribution in [0.25, 0.3) is 21.8 Å². The van der Waals surface area contributed by atoms with Gasteiger partial charge in [-0.3, -0.25) is 11.5 Å². The first-order valence-corrected chi connectivity index (χ1v) is 14.7. The molecule has 4 nitrogen and oxygen atoms in total. The number of unbranched alkanes of at least 4 members (excludes halogenated alkanes) is 5. The van der Waals surface area contributed by atoms with Crippen LogP contribution in [0.4, 0.5) is 11.6 Å². The zero-order chi connectivity index (χ0) is 23.9. The standard InChI is InChI=1S/C28H32I2N4/c29-25(33-23-13-9-7-11-21(23)17-19-27(33)31)15-5-3-1-2-4-6-16-26(30)34-24-14-10-8-12-22(24)18-20-28(34)32/h7-14,17-20,25-26,31-32H,1-6,15-16H2/p+2. The number of hydrogen-bond acceptors (Lipinski definition) is 2. The number of benzene rings is 2. The van der Waals surface area contributed by atoms with Gasteiger partial charge in [-0.2, -0.15) is 0 Å². The summed E-state index contributed by atoms with van der Waals surface area (Å²) in [5, 5.41) is 2.49. The van der Waals surface area contributed by atoms with Gasteiger partial charge in [0.25, 0.3) is 11.6 Å². The molecule has 0 saturated heterocycles. The van der Waals surface area contributed by atoms with Crippen molar-refractivity contribution in [2.75, 3.05) is 11.5 Å². The van der Waals surface area contributed by atoms with Crippen LogP contribution in [0.2, 0.25) is 0 Å². The number of aromatic nitrogens is 2. The molecule has 4 N–H and O–H groups in total. The number of para-hydroxylation sites is 2. The lowest BCUT2D eigenvalue weighted by atomic mass is 10.1. The van der Waals surface area contributed by atoms with E-state index in [2.05, 4.69) is 115 Å². The molecule has 0 aliphatic rings. The van der Waals surface area contributed by atoms with E-state index in [4.69, 9.17) is 11.5 Å². The van der Waals surface area contributed by atoms with Crippen molar-refractivity contribution in [3.8, 4) is 0 Å². The highest BCUT2D eigenvalue weighted by molar-refractivity contribution is 14.1. The summed E-state index contributed by atoms with van der Waals surface area (Å²) in [4.78, 5) is 0. The van der Waals surface area contributed by atoms with E-state index in [-0.39, 0.29) is 0 Å². The van der Waals surface area contributed by atoms with Gasteiger partial charge in [0.2, 0.25) is 0 Å². The third-order valence-corrected chi connectivity index (χ3v) is 8.87. The van der Waals surface area contributed by atoms with Crippen LogP contribution in [0.5, 0.6) is 0 Å². The van der Waals surface area contributed by atoms with Gasteiger partial charge in [-0.25, -0.2) is 9.13 Å². The molecule has 2 heterocycles. The summed E-state index contributed by atoms with van der Waals surface area (Å²) in [5.41, 5.74) is 15.1. The number of nitrogen functional groups attached to an aromatic ring is 2. The lowest BCUT2D eigenvalue weighted by molar-refractivity contribution is -0.655. The van der Waals surface area contributed by atoms with Gasteiger partial charge in [-0.15, -0.1) is 0 Å². The molecule has 4 rings (SSSR count). The molecule has 0 fully saturated rings. The minimum atomic E-state index is 0.381. The Morgan fingerprint density at radius 2 is 0.912 bits per heavy atom. The molecule has 0 amide bonds. The minimum Gasteiger partial charge on any atom is -0.287 e. The average molecular weight is 680 g/mol. The van der Waals surface area contributed by atoms with Gasteiger partial charge < -0.3 is 0 Å². The highest BCUT2D eigenvalue weighted by atomic mass is 127. The Bertz CT molecular complexity index is 1150. The number of fused-ring (bicyclic) bond motifs is 2. The van der Waals surface area contributed by atoms with Crippen molar-refractivity contribution in [3.63, 3.8) is 0 Å². The molecule has 4 aromatic rings. The zero-order valence-corrected chi connectivity index (χ0v) is 23.9. The SMILES string of the molecule is Nc1ccc2ccccc2[n+]1C(I)CCCCCCCCC(I)[n+]1c(N)ccc2ccccc21. The highest BCUT2D eigenvalue weighted by Gasteiger charge is 2.19. The fourth-order valence-electron chi connectivity index (χ4n) is 4.70. The van der Waals surface area contributed by atoms with E-state index in [1.807, 2.05) is 12.1 Å². The minimum absolute atomic E-state index is 0.381. The molecule has 178 valence electrons. The first-order chi connectivity index (χ1) is 16.6. The number of anilines is 2. The fourth-order valence-corrected chi connectivity index (χ4v) is 6.83. The van der Waals surface area contributed by atoms with Gasteiger partial charge in [0.05, 0.1) is 0 Å². The van der Waals surface area contributed by atoms with Crippen LogP contribution in [-0.4, -0.2) is 0 Å². The number of nitrogens with zero attached hydrogens (tertiary/aromatic N) is 2. The van der Waals surface area contributed by atoms with E-state index in [0.717, 1.165) is 24.5 Å². The van der Waals surface area contributed by atoms with E-state index >= 15 is 0 Å². The Labute approximate surface area is 230 Å². The van der Waals surface area contributed by atoms with Crippen LogP contribution < -0.4 is 20.6 Å². The summed E-state index contributed by atoms with van der Waals surface area (Å²) in [6, 6.07) is 25.3. The van der Waals surface area contributed by atoms with Crippen molar-refractivity contribution < 1.29 is 9.13 Å². The zero-order valence-electron chi connectivity index (χ0n) is 19.5. The molecular weight excluding hydrogens is 646 g/mol. The molecule has 0 aliphatic carbocycles. The lowest BCUT2D eigenvalue weighted by Gasteiger charge is -2.14. The van der Waals surface area contributed by atoms with Crippen molar-refractivity contribution in [3.05, 3.63) is 72.8 Å². The summed E-state index contributed by atoms with van der Waals surface area (Å²) in [7, 11) is 0. The van der Waals surface area contributed by atoms with Gasteiger partial charge in [-0.1, -0.05) is 62.1 Å². The van der Waals surface area contributed by atoms with Crippen LogP contribution in [-0.2, 0) is 0 Å². The van der Waals surface area contributed by atoms with Gasteiger partial charge in [0.1, 0.15) is 11.0 Å². The summed E-state index contributed by atoms with van der Waals surface area (Å²) < 4.78 is 5.33. The number of nitrogens with two attached hydrogens (primary N) is 2. The van der Waals surface area contributed by atoms with Crippen LogP contribution in [0, 0.1) is 0 Å². The topological polar surface area (TPSA) is 59.8 Å². The molecule has 2 aromatic heterocycles. The number of halogens is 2. The Balaban J connectivity index is 1.18. The maximum atomic E-state index is 6.33. The lowest BCUT2D eigenvalue weighted by Crippen LogP contribution is -2.40. The summed E-state index contributed by atoms with van der Waals surface area (Å²) in [6.45, 7) is 0. The molecule has 6 heteroatoms. The average Bonchev–Trinajstić information content (AvgIpc) is 2.85. The molecule has 0 aliphatic heterocycles. The third-order valence-electron chi connectivity index (χ3n) is 6.51. The smallest absolute Gasteiger partial charge is 0.273 e. The van der Waals surface area contributed by atoms with Gasteiger partial charge in [0.15, 0.2) is 8.10 Å². The van der Waals surface area contributed by atoms with E-state index in [0.29, 0.717) is 8.10 Å². The van der Waals surface area contributed by atoms with Gasteiger partial charge in [-0.05, 0) is 95.1 Å². The first kappa shape index (κ1) is 25.4. The predicted molar refractivity (Wildman–Crippen MR) is 160 cm³/mol. The van der Waals surface area contributed by atoms with Crippen molar-refractivity contribution in [1.82, 2.24) is 0 Å². The molecule has 2 unspecified atom stereocenters. The summed E-state index contributed by atoms with van der Waals surface area (Å²) >= 11 is 5.09. The maximum absolute atomic E-state index is 6.33. The van der Waals surface area contributed by atoms with Crippen molar-refractivity contribution in [2.24, 2.45) is 0 Å². The van der Waals surface area contributed by atoms with Crippen LogP contribution in [0.3, 0.4) is 0 Å². The quantitative estimate of drug-likeness (QED) is 0.0750.